The lowest BCUT2D eigenvalue weighted by molar-refractivity contribution is -0.138. The van der Waals surface area contributed by atoms with Crippen molar-refractivity contribution in [3.8, 4) is 44.7 Å². The van der Waals surface area contributed by atoms with E-state index < -0.39 is 70.6 Å². The van der Waals surface area contributed by atoms with Crippen molar-refractivity contribution in [2.75, 3.05) is 21.3 Å². The minimum Gasteiger partial charge on any atom is -0.463 e. The molecule has 145 heavy (non-hydrogen) atoms. The number of aromatic nitrogens is 12. The van der Waals surface area contributed by atoms with E-state index in [2.05, 4.69) is 51.2 Å². The van der Waals surface area contributed by atoms with E-state index in [9.17, 15) is 71.9 Å². The summed E-state index contributed by atoms with van der Waals surface area (Å²) in [6.07, 6.45) is -7.69. The zero-order valence-corrected chi connectivity index (χ0v) is 77.6. The minimum atomic E-state index is -4.53. The van der Waals surface area contributed by atoms with Gasteiger partial charge in [-0.1, -0.05) is 103 Å². The van der Waals surface area contributed by atoms with Crippen LogP contribution in [-0.4, -0.2) is 83.4 Å². The summed E-state index contributed by atoms with van der Waals surface area (Å²) < 4.78 is 168. The smallest absolute Gasteiger partial charge is 0.416 e. The van der Waals surface area contributed by atoms with Crippen molar-refractivity contribution in [3.63, 3.8) is 0 Å². The summed E-state index contributed by atoms with van der Waals surface area (Å²) in [5, 5.41) is 13.7. The first-order valence-electron chi connectivity index (χ1n) is 44.9. The Hall–Kier alpha value is -17.8. The lowest BCUT2D eigenvalue weighted by atomic mass is 10.0. The molecule has 21 aromatic rings. The van der Waals surface area contributed by atoms with Crippen LogP contribution < -0.4 is 21.3 Å². The molecule has 35 heteroatoms. The average molecular weight is 1980 g/mol. The molecule has 11 heterocycles. The van der Waals surface area contributed by atoms with Gasteiger partial charge >= 0.3 is 24.7 Å². The predicted octanol–water partition coefficient (Wildman–Crippen LogP) is 27.6. The summed E-state index contributed by atoms with van der Waals surface area (Å²) in [5.41, 5.74) is 16.5. The van der Waals surface area contributed by atoms with Crippen molar-refractivity contribution < 1.29 is 80.7 Å². The quantitative estimate of drug-likeness (QED) is 0.0329. The van der Waals surface area contributed by atoms with Gasteiger partial charge < -0.3 is 50.0 Å². The Morgan fingerprint density at radius 2 is 0.641 bits per heavy atom. The summed E-state index contributed by atoms with van der Waals surface area (Å²) in [4.78, 5) is 102. The molecule has 4 amide bonds. The van der Waals surface area contributed by atoms with Gasteiger partial charge in [-0.3, -0.25) is 19.2 Å². The van der Waals surface area contributed by atoms with E-state index in [1.165, 1.54) is 48.5 Å². The van der Waals surface area contributed by atoms with Crippen LogP contribution in [0.3, 0.4) is 0 Å². The van der Waals surface area contributed by atoms with E-state index in [4.69, 9.17) is 38.7 Å². The van der Waals surface area contributed by atoms with E-state index >= 15 is 0 Å². The molecule has 10 aromatic carbocycles. The Morgan fingerprint density at radius 1 is 0.310 bits per heavy atom. The summed E-state index contributed by atoms with van der Waals surface area (Å²) in [5.74, 6) is 1.10. The topological polar surface area (TPSA) is 309 Å². The number of benzene rings is 10. The van der Waals surface area contributed by atoms with Crippen LogP contribution in [-0.2, 0) is 50.4 Å². The fourth-order valence-electron chi connectivity index (χ4n) is 16.2. The third-order valence-corrected chi connectivity index (χ3v) is 24.5. The van der Waals surface area contributed by atoms with Crippen molar-refractivity contribution in [1.82, 2.24) is 59.8 Å². The van der Waals surface area contributed by atoms with Crippen molar-refractivity contribution in [2.24, 2.45) is 0 Å². The highest BCUT2D eigenvalue weighted by Gasteiger charge is 2.35. The van der Waals surface area contributed by atoms with Gasteiger partial charge in [-0.05, 0) is 254 Å². The maximum absolute atomic E-state index is 13.1. The second-order valence-corrected chi connectivity index (χ2v) is 34.7. The molecule has 0 aliphatic carbocycles. The normalized spacial score (nSPS) is 11.7. The highest BCUT2D eigenvalue weighted by Crippen LogP contribution is 2.39. The molecule has 0 unspecified atom stereocenters. The molecular weight excluding hydrogens is 1900 g/mol. The Morgan fingerprint density at radius 3 is 0.979 bits per heavy atom. The lowest BCUT2D eigenvalue weighted by Gasteiger charge is -2.12. The van der Waals surface area contributed by atoms with Crippen molar-refractivity contribution in [1.29, 1.82) is 0 Å². The first-order chi connectivity index (χ1) is 69.6. The number of H-pyrrole nitrogens is 4. The van der Waals surface area contributed by atoms with E-state index in [1.54, 1.807) is 84.6 Å². The van der Waals surface area contributed by atoms with Gasteiger partial charge in [0, 0.05) is 106 Å². The first-order valence-corrected chi connectivity index (χ1v) is 45.8. The number of fused-ring (bicyclic) bond motifs is 5. The van der Waals surface area contributed by atoms with Crippen molar-refractivity contribution in [3.05, 3.63) is 428 Å². The number of para-hydroxylation sites is 1. The molecule has 726 valence electrons. The number of carbonyl (C=O) groups excluding carboxylic acids is 4. The third-order valence-electron chi connectivity index (χ3n) is 23.7. The number of halogens is 12. The van der Waals surface area contributed by atoms with E-state index in [1.807, 2.05) is 173 Å². The number of anilines is 4. The minimum absolute atomic E-state index is 0.0659. The van der Waals surface area contributed by atoms with Gasteiger partial charge in [-0.25, -0.2) is 39.9 Å². The number of furan rings is 2. The van der Waals surface area contributed by atoms with E-state index in [0.717, 1.165) is 170 Å². The Balaban J connectivity index is 0.000000127. The van der Waals surface area contributed by atoms with Crippen LogP contribution in [0.2, 0.25) is 0 Å². The molecule has 0 saturated heterocycles. The van der Waals surface area contributed by atoms with Crippen LogP contribution in [0.4, 0.5) is 75.4 Å². The summed E-state index contributed by atoms with van der Waals surface area (Å²) >= 11 is 1.59. The van der Waals surface area contributed by atoms with Gasteiger partial charge in [0.05, 0.1) is 83.2 Å². The number of thiophene rings is 1. The van der Waals surface area contributed by atoms with Crippen LogP contribution in [0, 0.1) is 27.7 Å². The maximum atomic E-state index is 13.1. The molecule has 11 aromatic heterocycles. The fourth-order valence-corrected chi connectivity index (χ4v) is 16.9. The second-order valence-electron chi connectivity index (χ2n) is 33.8. The zero-order chi connectivity index (χ0) is 102. The predicted molar refractivity (Wildman–Crippen MR) is 531 cm³/mol. The molecule has 21 rings (SSSR count). The lowest BCUT2D eigenvalue weighted by Crippen LogP contribution is -2.14. The number of nitrogens with one attached hydrogen (secondary N) is 8. The summed E-state index contributed by atoms with van der Waals surface area (Å²) in [7, 11) is 0. The molecule has 0 bridgehead atoms. The fraction of sp³-hybridized carbons (Fsp3) is 0.109. The van der Waals surface area contributed by atoms with Crippen molar-refractivity contribution >= 4 is 113 Å². The van der Waals surface area contributed by atoms with Crippen LogP contribution in [0.15, 0.2) is 324 Å². The monoisotopic (exact) mass is 1980 g/mol. The number of rotatable bonds is 20. The standard InChI is InChI=1S/C30H21F3N4O2.C28H21F3N4O.C26H19F3N4O2.C26H19F3N4OS/c1-17-9-10-22(35-29(38)19-6-4-7-21(13-19)30(31,32)33)14-20(17)16-26-36-23-11-12-34-27(23)28(37-26)25-15-18-5-2-3-8-24(18)39-25;1-17-10-11-22(33-27(36)19-8-5-9-21(14-19)28(29,30)31)15-20(17)16-24-34-23-12-13-32-26(23)25(35-24)18-6-3-2-4-7-18;2*1-15-7-8-19(31-25(34)16-4-2-5-18(12-16)26(27,28)29)13-17(15)14-22-32-20-9-10-30-23(20)24(33-22)21-6-3-11-35-21/h2-15,34H,16H2,1H3,(H,35,38);2-15,32H,16H2,1H3,(H,33,36);2*2-13,30H,14H2,1H3,(H,31,34). The number of nitrogens with zero attached hydrogens (tertiary/aromatic N) is 8. The van der Waals surface area contributed by atoms with Gasteiger partial charge in [-0.15, -0.1) is 11.3 Å². The van der Waals surface area contributed by atoms with Crippen molar-refractivity contribution in [2.45, 2.75) is 78.1 Å². The first kappa shape index (κ1) is 97.5. The van der Waals surface area contributed by atoms with Crippen LogP contribution in [0.25, 0.3) is 99.8 Å². The molecule has 0 atom stereocenters. The third kappa shape index (κ3) is 23.0. The Labute approximate surface area is 820 Å². The van der Waals surface area contributed by atoms with Gasteiger partial charge in [0.1, 0.15) is 46.0 Å². The molecule has 0 radical (unpaired) electrons. The van der Waals surface area contributed by atoms with E-state index in [0.29, 0.717) is 94.6 Å². The molecular formula is C110H80F12N16O6S. The Bertz CT molecular complexity index is 8130. The molecule has 0 spiro atoms. The number of amides is 4. The highest BCUT2D eigenvalue weighted by molar-refractivity contribution is 7.13. The molecule has 0 fully saturated rings. The van der Waals surface area contributed by atoms with Gasteiger partial charge in [0.25, 0.3) is 23.6 Å². The number of hydrogen-bond donors (Lipinski definition) is 8. The number of hydrogen-bond acceptors (Lipinski definition) is 15. The number of carbonyl (C=O) groups is 4. The molecule has 0 saturated carbocycles. The molecule has 0 aliphatic heterocycles. The van der Waals surface area contributed by atoms with E-state index in [-0.39, 0.29) is 22.3 Å². The van der Waals surface area contributed by atoms with Crippen LogP contribution >= 0.6 is 11.3 Å². The van der Waals surface area contributed by atoms with Gasteiger partial charge in [0.15, 0.2) is 11.5 Å². The summed E-state index contributed by atoms with van der Waals surface area (Å²) in [6, 6.07) is 73.3. The molecule has 0 aliphatic rings. The maximum Gasteiger partial charge on any atom is 0.416 e. The van der Waals surface area contributed by atoms with Gasteiger partial charge in [0.2, 0.25) is 0 Å². The number of aromatic amines is 4. The van der Waals surface area contributed by atoms with Crippen LogP contribution in [0.1, 0.15) is 131 Å². The SMILES string of the molecule is Cc1ccc(NC(=O)c2cccc(C(F)(F)F)c2)cc1Cc1nc(-c2cc3ccccc3o2)c2[nH]ccc2n1.Cc1ccc(NC(=O)c2cccc(C(F)(F)F)c2)cc1Cc1nc(-c2ccccc2)c2[nH]ccc2n1.Cc1ccc(NC(=O)c2cccc(C(F)(F)F)c2)cc1Cc1nc(-c2ccco2)c2[nH]ccc2n1.Cc1ccc(NC(=O)c2cccc(C(F)(F)F)c2)cc1Cc1nc(-c2cccs2)c2[nH]ccc2n1. The largest absolute Gasteiger partial charge is 0.463 e. The number of alkyl halides is 12. The second kappa shape index (κ2) is 41.2. The van der Waals surface area contributed by atoms with Crippen LogP contribution in [0.5, 0.6) is 0 Å². The molecule has 8 N–H and O–H groups in total. The average Bonchev–Trinajstić information content (AvgIpc) is 1.55. The molecule has 22 nitrogen and oxygen atoms in total. The summed E-state index contributed by atoms with van der Waals surface area (Å²) in [6.45, 7) is 7.75. The Kier molecular flexibility index (Phi) is 27.7. The zero-order valence-electron chi connectivity index (χ0n) is 76.8. The number of aryl methyl sites for hydroxylation is 4. The van der Waals surface area contributed by atoms with Gasteiger partial charge in [-0.2, -0.15) is 52.7 Å². The highest BCUT2D eigenvalue weighted by atomic mass is 32.1.